The molecule has 6 aliphatic rings. The SMILES string of the molecule is CC(C)(C)OC(=O)N1CC[C@H]([C@@H](CS(C)(=O)=O)Oc2ccc(C(F)(F)F)cc2)C1.CC(C)(C)OC(=O)N1CC[C@H]([C@H]2CO2)C1.CS(=O)(=O)C[C@@H](Oc1ccc(C(F)(F)F)cc1)[C@H]1CCNC1.CSC[C@@H](O)[C@H]1CCN(C(=O)OC(C)(C)C)C1.CSC[C@@H](Oc1ccc(C(F)(F)F)cc1)[C@H]1CCN(C(=O)OC(C)(C)C)C1.Fc1ccc(C(F)(F)F)cc1. The molecule has 10 rings (SSSR count). The number of nitrogens with zero attached hydrogens (tertiary/aromatic N) is 4. The molecule has 4 amide bonds. The molecule has 0 bridgehead atoms. The molecule has 0 radical (unpaired) electrons. The van der Waals surface area contributed by atoms with Gasteiger partial charge >= 0.3 is 49.1 Å². The minimum absolute atomic E-state index is 0.0250. The number of likely N-dealkylation sites (tertiary alicyclic amines) is 4. The van der Waals surface area contributed by atoms with E-state index >= 15 is 0 Å². The number of hydrogen-bond acceptors (Lipinski definition) is 20. The third-order valence-electron chi connectivity index (χ3n) is 18.8. The number of sulfone groups is 2. The summed E-state index contributed by atoms with van der Waals surface area (Å²) in [5.41, 5.74) is -5.17. The zero-order valence-electron chi connectivity index (χ0n) is 71.0. The first kappa shape index (κ1) is 104. The average Bonchev–Trinajstić information content (AvgIpc) is 1.68. The Labute approximate surface area is 709 Å². The number of thioether (sulfide) groups is 2. The first-order valence-electron chi connectivity index (χ1n) is 39.2. The van der Waals surface area contributed by atoms with E-state index in [2.05, 4.69) is 5.32 Å². The fraction of sp³-hybridized carbons (Fsp3) is 0.659. The number of epoxide rings is 1. The number of rotatable bonds is 19. The normalized spacial score (nSPS) is 20.6. The van der Waals surface area contributed by atoms with Gasteiger partial charge in [-0.15, -0.1) is 0 Å². The van der Waals surface area contributed by atoms with Crippen LogP contribution in [0.25, 0.3) is 0 Å². The highest BCUT2D eigenvalue weighted by Crippen LogP contribution is 2.38. The minimum atomic E-state index is -4.47. The van der Waals surface area contributed by atoms with Gasteiger partial charge in [0.2, 0.25) is 0 Å². The van der Waals surface area contributed by atoms with Crippen LogP contribution < -0.4 is 19.5 Å². The maximum Gasteiger partial charge on any atom is 0.416 e. The van der Waals surface area contributed by atoms with Crippen LogP contribution in [-0.4, -0.2) is 239 Å². The van der Waals surface area contributed by atoms with Gasteiger partial charge in [0, 0.05) is 113 Å². The summed E-state index contributed by atoms with van der Waals surface area (Å²) < 4.78 is 252. The van der Waals surface area contributed by atoms with E-state index in [0.29, 0.717) is 81.3 Å². The molecule has 0 saturated carbocycles. The number of aliphatic hydroxyl groups is 1. The lowest BCUT2D eigenvalue weighted by Crippen LogP contribution is -2.39. The lowest BCUT2D eigenvalue weighted by molar-refractivity contribution is -0.138. The average molecular weight is 1820 g/mol. The Balaban J connectivity index is 0.000000265. The quantitative estimate of drug-likeness (QED) is 0.0502. The van der Waals surface area contributed by atoms with Crippen LogP contribution in [0.3, 0.4) is 0 Å². The van der Waals surface area contributed by atoms with Gasteiger partial charge in [0.15, 0.2) is 19.7 Å². The van der Waals surface area contributed by atoms with Crippen LogP contribution in [0, 0.1) is 35.4 Å². The number of alkyl halides is 12. The van der Waals surface area contributed by atoms with Crippen molar-refractivity contribution in [3.05, 3.63) is 125 Å². The van der Waals surface area contributed by atoms with Crippen molar-refractivity contribution in [3.63, 3.8) is 0 Å². The molecule has 0 aromatic heterocycles. The van der Waals surface area contributed by atoms with Crippen molar-refractivity contribution in [2.24, 2.45) is 29.6 Å². The molecule has 39 heteroatoms. The number of benzene rings is 4. The van der Waals surface area contributed by atoms with Crippen LogP contribution in [0.2, 0.25) is 0 Å². The molecule has 686 valence electrons. The van der Waals surface area contributed by atoms with Crippen molar-refractivity contribution in [1.29, 1.82) is 0 Å². The van der Waals surface area contributed by atoms with Crippen molar-refractivity contribution < 1.29 is 136 Å². The van der Waals surface area contributed by atoms with Crippen LogP contribution >= 0.6 is 23.5 Å². The summed E-state index contributed by atoms with van der Waals surface area (Å²) in [7, 11) is -6.66. The van der Waals surface area contributed by atoms with E-state index in [0.717, 1.165) is 119 Å². The van der Waals surface area contributed by atoms with Gasteiger partial charge in [-0.05, 0) is 231 Å². The van der Waals surface area contributed by atoms with Crippen molar-refractivity contribution >= 4 is 67.6 Å². The van der Waals surface area contributed by atoms with E-state index in [4.69, 9.17) is 37.9 Å². The maximum absolute atomic E-state index is 12.7. The molecule has 0 unspecified atom stereocenters. The fourth-order valence-corrected chi connectivity index (χ4v) is 16.0. The molecule has 121 heavy (non-hydrogen) atoms. The first-order valence-corrected chi connectivity index (χ1v) is 46.1. The Morgan fingerprint density at radius 2 is 0.727 bits per heavy atom. The second kappa shape index (κ2) is 44.7. The first-order chi connectivity index (χ1) is 55.6. The van der Waals surface area contributed by atoms with Gasteiger partial charge in [-0.25, -0.2) is 40.4 Å². The Kier molecular flexibility index (Phi) is 38.6. The lowest BCUT2D eigenvalue weighted by atomic mass is 10.0. The molecule has 0 aliphatic carbocycles. The molecule has 4 aromatic carbocycles. The van der Waals surface area contributed by atoms with Gasteiger partial charge in [-0.3, -0.25) is 0 Å². The van der Waals surface area contributed by atoms with Gasteiger partial charge in [-0.2, -0.15) is 76.2 Å². The second-order valence-corrected chi connectivity index (χ2v) is 40.4. The summed E-state index contributed by atoms with van der Waals surface area (Å²) in [5.74, 6) is 1.63. The third-order valence-corrected chi connectivity index (χ3v) is 22.0. The molecule has 4 aromatic rings. The summed E-state index contributed by atoms with van der Waals surface area (Å²) in [6.07, 6.45) is -10.3. The molecule has 6 saturated heterocycles. The van der Waals surface area contributed by atoms with Gasteiger partial charge < -0.3 is 67.9 Å². The molecular weight excluding hydrogens is 1700 g/mol. The Bertz CT molecular complexity index is 4100. The smallest absolute Gasteiger partial charge is 0.416 e. The van der Waals surface area contributed by atoms with E-state index in [1.54, 1.807) is 59.0 Å². The van der Waals surface area contributed by atoms with E-state index in [-0.39, 0.29) is 83.7 Å². The van der Waals surface area contributed by atoms with Crippen LogP contribution in [0.15, 0.2) is 97.1 Å². The van der Waals surface area contributed by atoms with Gasteiger partial charge in [0.1, 0.15) is 63.8 Å². The highest BCUT2D eigenvalue weighted by molar-refractivity contribution is 7.98. The van der Waals surface area contributed by atoms with E-state index < -0.39 is 113 Å². The maximum atomic E-state index is 12.7. The largest absolute Gasteiger partial charge is 0.489 e. The topological polar surface area (TPSA) is 259 Å². The summed E-state index contributed by atoms with van der Waals surface area (Å²) >= 11 is 3.23. The zero-order valence-corrected chi connectivity index (χ0v) is 74.2. The van der Waals surface area contributed by atoms with Crippen LogP contribution in [0.1, 0.15) is 137 Å². The van der Waals surface area contributed by atoms with Crippen LogP contribution in [0.5, 0.6) is 17.2 Å². The minimum Gasteiger partial charge on any atom is -0.489 e. The Morgan fingerprint density at radius 3 is 1.02 bits per heavy atom. The van der Waals surface area contributed by atoms with Crippen molar-refractivity contribution in [3.8, 4) is 17.2 Å². The molecule has 2 N–H and O–H groups in total. The van der Waals surface area contributed by atoms with Crippen LogP contribution in [0.4, 0.5) is 76.3 Å². The summed E-state index contributed by atoms with van der Waals surface area (Å²) in [6, 6.07) is 16.1. The molecule has 10 atom stereocenters. The van der Waals surface area contributed by atoms with Crippen molar-refractivity contribution in [2.45, 2.75) is 193 Å². The highest BCUT2D eigenvalue weighted by atomic mass is 32.2. The summed E-state index contributed by atoms with van der Waals surface area (Å²) in [6.45, 7) is 28.9. The molecule has 6 aliphatic heterocycles. The number of ether oxygens (including phenoxy) is 8. The fourth-order valence-electron chi connectivity index (χ4n) is 12.9. The van der Waals surface area contributed by atoms with E-state index in [9.17, 15) is 98.2 Å². The Morgan fingerprint density at radius 1 is 0.438 bits per heavy atom. The van der Waals surface area contributed by atoms with Crippen molar-refractivity contribution in [1.82, 2.24) is 24.9 Å². The molecule has 6 fully saturated rings. The van der Waals surface area contributed by atoms with Crippen LogP contribution in [-0.2, 0) is 68.1 Å². The Hall–Kier alpha value is -7.07. The number of carbonyl (C=O) groups is 4. The van der Waals surface area contributed by atoms with Crippen molar-refractivity contribution in [2.75, 3.05) is 120 Å². The zero-order chi connectivity index (χ0) is 91.2. The summed E-state index contributed by atoms with van der Waals surface area (Å²) in [4.78, 5) is 54.6. The lowest BCUT2D eigenvalue weighted by Gasteiger charge is -2.26. The number of hydrogen-bond donors (Lipinski definition) is 2. The predicted molar refractivity (Wildman–Crippen MR) is 436 cm³/mol. The second-order valence-electron chi connectivity index (χ2n) is 34.2. The third kappa shape index (κ3) is 39.8. The monoisotopic (exact) mass is 1820 g/mol. The molecule has 6 heterocycles. The summed E-state index contributed by atoms with van der Waals surface area (Å²) in [5, 5.41) is 13.0. The number of amides is 4. The molecule has 22 nitrogen and oxygen atoms in total. The van der Waals surface area contributed by atoms with E-state index in [1.807, 2.05) is 74.8 Å². The predicted octanol–water partition coefficient (Wildman–Crippen LogP) is 17.4. The number of halogens is 13. The molecular formula is C82H116F13N5O17S4. The number of aliphatic hydroxyl groups excluding tert-OH is 1. The van der Waals surface area contributed by atoms with Gasteiger partial charge in [0.25, 0.3) is 0 Å². The highest BCUT2D eigenvalue weighted by Gasteiger charge is 2.43. The number of nitrogens with one attached hydrogen (secondary N) is 1. The standard InChI is InChI=1S/C19H26F3NO5S.C19H26F3NO3S.C14H18F3NO3S.C12H23NO3S.C11H19NO3.C7H4F4/c1-18(2,3)28-17(24)23-10-9-13(11-23)16(12-29(4,25)26)27-15-7-5-14(6-8-15)19(20,21)22;1-18(2,3)26-17(24)23-10-9-13(11-23)16(12-27-4)25-15-7-5-14(6-8-15)19(20,21)22;1-22(19,20)9-13(10-6-7-18-8-10)21-12-4-2-11(3-5-12)14(15,16)17;1-12(2,3)16-11(15)13-6-5-9(7-13)10(14)8-17-4;1-11(2,3)15-10(13)12-5-4-8(6-12)9-7-14-9;8-6-3-1-5(2-4-6)7(9,10)11/h5-8,13,16H,9-12H2,1-4H3;5-8,13,16H,9-12H2,1-4H3;2-5,10,13,18H,6-9H2,1H3;9-10,14H,5-8H2,1-4H3;8-9H,4-7H2,1-3H3;1-4H/t2*13-,16+;10-,13+;9-,10+;8-,9+;/m00000./s1. The van der Waals surface area contributed by atoms with E-state index in [1.165, 1.54) is 41.3 Å². The van der Waals surface area contributed by atoms with Gasteiger partial charge in [-0.1, -0.05) is 0 Å². The number of carbonyl (C=O) groups excluding carboxylic acids is 4. The van der Waals surface area contributed by atoms with Gasteiger partial charge in [0.05, 0.1) is 52.6 Å². The molecule has 0 spiro atoms.